The molecule has 0 amide bonds. The molecule has 0 bridgehead atoms. The number of alkyl halides is 1. The maximum Gasteiger partial charge on any atom is 0.0401 e. The lowest BCUT2D eigenvalue weighted by Crippen LogP contribution is -1.89. The van der Waals surface area contributed by atoms with Crippen molar-refractivity contribution in [1.29, 1.82) is 0 Å². The standard InChI is InChI=1S/C6H6.C3H5Cl.C2H7N/c1-2-4-6-5-3-1;1-2-3-4;1-3-2/h1-6H;2H,1,3H2;3H,1-2H3. The zero-order valence-electron chi connectivity index (χ0n) is 8.33. The highest BCUT2D eigenvalue weighted by Crippen LogP contribution is 1.79. The van der Waals surface area contributed by atoms with Crippen LogP contribution in [-0.4, -0.2) is 20.0 Å². The van der Waals surface area contributed by atoms with E-state index >= 15 is 0 Å². The molecule has 1 rings (SSSR count). The van der Waals surface area contributed by atoms with Gasteiger partial charge >= 0.3 is 0 Å². The number of nitrogens with one attached hydrogen (secondary N) is 1. The van der Waals surface area contributed by atoms with Gasteiger partial charge in [-0.3, -0.25) is 0 Å². The van der Waals surface area contributed by atoms with Crippen molar-refractivity contribution in [3.05, 3.63) is 49.1 Å². The molecule has 74 valence electrons. The van der Waals surface area contributed by atoms with Gasteiger partial charge < -0.3 is 5.32 Å². The van der Waals surface area contributed by atoms with E-state index in [0.717, 1.165) is 0 Å². The van der Waals surface area contributed by atoms with Gasteiger partial charge in [0.25, 0.3) is 0 Å². The summed E-state index contributed by atoms with van der Waals surface area (Å²) in [5, 5.41) is 2.75. The van der Waals surface area contributed by atoms with Crippen molar-refractivity contribution in [3.8, 4) is 0 Å². The second-order valence-electron chi connectivity index (χ2n) is 2.10. The molecule has 0 aliphatic rings. The van der Waals surface area contributed by atoms with Crippen molar-refractivity contribution in [2.45, 2.75) is 0 Å². The average Bonchev–Trinajstić information content (AvgIpc) is 2.22. The monoisotopic (exact) mass is 199 g/mol. The first-order valence-corrected chi connectivity index (χ1v) is 4.62. The Bertz CT molecular complexity index is 136. The van der Waals surface area contributed by atoms with Crippen LogP contribution in [0.15, 0.2) is 49.1 Å². The molecule has 0 atom stereocenters. The number of halogens is 1. The van der Waals surface area contributed by atoms with E-state index < -0.39 is 0 Å². The molecule has 0 heterocycles. The van der Waals surface area contributed by atoms with Crippen LogP contribution in [0, 0.1) is 0 Å². The fourth-order valence-electron chi connectivity index (χ4n) is 0.385. The van der Waals surface area contributed by atoms with E-state index in [-0.39, 0.29) is 0 Å². The van der Waals surface area contributed by atoms with Gasteiger partial charge in [-0.2, -0.15) is 0 Å². The molecule has 13 heavy (non-hydrogen) atoms. The fraction of sp³-hybridized carbons (Fsp3) is 0.273. The number of rotatable bonds is 1. The molecule has 0 unspecified atom stereocenters. The topological polar surface area (TPSA) is 12.0 Å². The van der Waals surface area contributed by atoms with Gasteiger partial charge in [0.15, 0.2) is 0 Å². The summed E-state index contributed by atoms with van der Waals surface area (Å²) in [6.07, 6.45) is 1.64. The SMILES string of the molecule is C=CCCl.CNC.c1ccccc1. The van der Waals surface area contributed by atoms with Crippen molar-refractivity contribution < 1.29 is 0 Å². The lowest BCUT2D eigenvalue weighted by molar-refractivity contribution is 1.02. The molecule has 0 fully saturated rings. The van der Waals surface area contributed by atoms with Gasteiger partial charge in [0, 0.05) is 5.88 Å². The first-order valence-electron chi connectivity index (χ1n) is 4.08. The Labute approximate surface area is 86.4 Å². The van der Waals surface area contributed by atoms with Crippen LogP contribution in [0.2, 0.25) is 0 Å². The van der Waals surface area contributed by atoms with Crippen LogP contribution in [0.5, 0.6) is 0 Å². The highest BCUT2D eigenvalue weighted by molar-refractivity contribution is 6.18. The Morgan fingerprint density at radius 2 is 1.23 bits per heavy atom. The van der Waals surface area contributed by atoms with Crippen LogP contribution in [0.25, 0.3) is 0 Å². The predicted octanol–water partition coefficient (Wildman–Crippen LogP) is 2.93. The number of hydrogen-bond acceptors (Lipinski definition) is 1. The minimum absolute atomic E-state index is 0.556. The molecule has 0 saturated heterocycles. The third-order valence-corrected chi connectivity index (χ3v) is 0.994. The summed E-state index contributed by atoms with van der Waals surface area (Å²) in [6, 6.07) is 12.0. The fourth-order valence-corrected chi connectivity index (χ4v) is 0.385. The molecule has 1 N–H and O–H groups in total. The normalized spacial score (nSPS) is 7.00. The molecular formula is C11H18ClN. The largest absolute Gasteiger partial charge is 0.323 e. The lowest BCUT2D eigenvalue weighted by Gasteiger charge is -1.69. The van der Waals surface area contributed by atoms with Gasteiger partial charge in [-0.25, -0.2) is 0 Å². The van der Waals surface area contributed by atoms with E-state index in [1.54, 1.807) is 6.08 Å². The number of benzene rings is 1. The van der Waals surface area contributed by atoms with E-state index in [1.807, 2.05) is 50.5 Å². The molecule has 2 heteroatoms. The minimum Gasteiger partial charge on any atom is -0.323 e. The zero-order valence-corrected chi connectivity index (χ0v) is 9.09. The van der Waals surface area contributed by atoms with E-state index in [1.165, 1.54) is 0 Å². The number of hydrogen-bond donors (Lipinski definition) is 1. The third kappa shape index (κ3) is 24.7. The highest BCUT2D eigenvalue weighted by atomic mass is 35.5. The zero-order chi connectivity index (χ0) is 10.4. The molecule has 0 radical (unpaired) electrons. The van der Waals surface area contributed by atoms with E-state index in [9.17, 15) is 0 Å². The van der Waals surface area contributed by atoms with Gasteiger partial charge in [0.05, 0.1) is 0 Å². The molecule has 1 aromatic carbocycles. The highest BCUT2D eigenvalue weighted by Gasteiger charge is 1.57. The maximum atomic E-state index is 5.07. The van der Waals surface area contributed by atoms with Gasteiger partial charge in [-0.05, 0) is 14.1 Å². The van der Waals surface area contributed by atoms with Gasteiger partial charge in [-0.1, -0.05) is 42.5 Å². The van der Waals surface area contributed by atoms with Crippen molar-refractivity contribution in [2.24, 2.45) is 0 Å². The Hall–Kier alpha value is -0.790. The Morgan fingerprint density at radius 1 is 1.08 bits per heavy atom. The summed E-state index contributed by atoms with van der Waals surface area (Å²) in [7, 11) is 3.75. The Balaban J connectivity index is 0. The summed E-state index contributed by atoms with van der Waals surface area (Å²) < 4.78 is 0. The molecular weight excluding hydrogens is 182 g/mol. The van der Waals surface area contributed by atoms with Crippen LogP contribution in [0.1, 0.15) is 0 Å². The smallest absolute Gasteiger partial charge is 0.0401 e. The maximum absolute atomic E-state index is 5.07. The molecule has 0 aliphatic heterocycles. The first kappa shape index (κ1) is 14.7. The molecule has 0 saturated carbocycles. The van der Waals surface area contributed by atoms with Crippen LogP contribution < -0.4 is 5.32 Å². The van der Waals surface area contributed by atoms with E-state index in [2.05, 4.69) is 11.9 Å². The first-order chi connectivity index (χ1) is 6.33. The van der Waals surface area contributed by atoms with Gasteiger partial charge in [-0.15, -0.1) is 18.2 Å². The van der Waals surface area contributed by atoms with Crippen LogP contribution in [0.3, 0.4) is 0 Å². The lowest BCUT2D eigenvalue weighted by atomic mass is 10.4. The summed E-state index contributed by atoms with van der Waals surface area (Å²) in [6.45, 7) is 3.35. The predicted molar refractivity (Wildman–Crippen MR) is 62.3 cm³/mol. The van der Waals surface area contributed by atoms with Gasteiger partial charge in [0.1, 0.15) is 0 Å². The van der Waals surface area contributed by atoms with Crippen molar-refractivity contribution in [2.75, 3.05) is 20.0 Å². The molecule has 1 nitrogen and oxygen atoms in total. The number of allylic oxidation sites excluding steroid dienone is 1. The molecule has 0 spiro atoms. The third-order valence-electron chi connectivity index (χ3n) is 0.776. The summed E-state index contributed by atoms with van der Waals surface area (Å²) in [5.41, 5.74) is 0. The summed E-state index contributed by atoms with van der Waals surface area (Å²) >= 11 is 5.07. The van der Waals surface area contributed by atoms with Crippen molar-refractivity contribution in [3.63, 3.8) is 0 Å². The van der Waals surface area contributed by atoms with Crippen LogP contribution >= 0.6 is 11.6 Å². The quantitative estimate of drug-likeness (QED) is 0.542. The summed E-state index contributed by atoms with van der Waals surface area (Å²) in [4.78, 5) is 0. The van der Waals surface area contributed by atoms with Gasteiger partial charge in [0.2, 0.25) is 0 Å². The molecule has 0 aliphatic carbocycles. The van der Waals surface area contributed by atoms with E-state index in [4.69, 9.17) is 11.6 Å². The van der Waals surface area contributed by atoms with Crippen LogP contribution in [-0.2, 0) is 0 Å². The van der Waals surface area contributed by atoms with Crippen LogP contribution in [0.4, 0.5) is 0 Å². The second kappa shape index (κ2) is 17.3. The average molecular weight is 200 g/mol. The molecule has 0 aromatic heterocycles. The Morgan fingerprint density at radius 3 is 1.31 bits per heavy atom. The molecule has 1 aromatic rings. The second-order valence-corrected chi connectivity index (χ2v) is 2.41. The minimum atomic E-state index is 0.556. The summed E-state index contributed by atoms with van der Waals surface area (Å²) in [5.74, 6) is 0.556. The van der Waals surface area contributed by atoms with Crippen molar-refractivity contribution in [1.82, 2.24) is 5.32 Å². The Kier molecular flexibility index (Phi) is 19.6. The van der Waals surface area contributed by atoms with Crippen molar-refractivity contribution >= 4 is 11.6 Å². The van der Waals surface area contributed by atoms with E-state index in [0.29, 0.717) is 5.88 Å².